The molecule has 11 heavy (non-hydrogen) atoms. The van der Waals surface area contributed by atoms with E-state index < -0.39 is 0 Å². The first-order valence-electron chi connectivity index (χ1n) is 4.38. The standard InChI is InChI=1S/C9H18O2/c1-10-7-8-4-3-5-9(6-8)11-2/h8-9H,3-7H2,1-2H3. The van der Waals surface area contributed by atoms with Crippen LogP contribution in [0.1, 0.15) is 25.7 Å². The number of ether oxygens (including phenoxy) is 2. The zero-order chi connectivity index (χ0) is 8.10. The molecule has 0 bridgehead atoms. The van der Waals surface area contributed by atoms with Crippen LogP contribution in [0.4, 0.5) is 0 Å². The summed E-state index contributed by atoms with van der Waals surface area (Å²) in [5.41, 5.74) is 0. The van der Waals surface area contributed by atoms with E-state index in [1.807, 2.05) is 0 Å². The maximum absolute atomic E-state index is 5.31. The lowest BCUT2D eigenvalue weighted by Crippen LogP contribution is -2.24. The van der Waals surface area contributed by atoms with E-state index in [1.54, 1.807) is 14.2 Å². The van der Waals surface area contributed by atoms with E-state index in [0.717, 1.165) is 12.5 Å². The molecular weight excluding hydrogens is 140 g/mol. The van der Waals surface area contributed by atoms with Gasteiger partial charge in [0.05, 0.1) is 6.10 Å². The summed E-state index contributed by atoms with van der Waals surface area (Å²) in [4.78, 5) is 0. The lowest BCUT2D eigenvalue weighted by atomic mass is 9.88. The van der Waals surface area contributed by atoms with Crippen molar-refractivity contribution in [2.75, 3.05) is 20.8 Å². The molecule has 1 aliphatic carbocycles. The quantitative estimate of drug-likeness (QED) is 0.624. The van der Waals surface area contributed by atoms with Gasteiger partial charge in [-0.25, -0.2) is 0 Å². The van der Waals surface area contributed by atoms with E-state index >= 15 is 0 Å². The molecule has 0 aromatic rings. The van der Waals surface area contributed by atoms with E-state index in [9.17, 15) is 0 Å². The summed E-state index contributed by atoms with van der Waals surface area (Å²) in [6, 6.07) is 0. The highest BCUT2D eigenvalue weighted by molar-refractivity contribution is 4.72. The van der Waals surface area contributed by atoms with Gasteiger partial charge in [0.15, 0.2) is 0 Å². The summed E-state index contributed by atoms with van der Waals surface area (Å²) in [5.74, 6) is 0.735. The van der Waals surface area contributed by atoms with Gasteiger partial charge in [-0.1, -0.05) is 6.42 Å². The Morgan fingerprint density at radius 1 is 1.27 bits per heavy atom. The SMILES string of the molecule is COCC1CCCC(OC)C1. The van der Waals surface area contributed by atoms with Crippen LogP contribution in [0.2, 0.25) is 0 Å². The van der Waals surface area contributed by atoms with Gasteiger partial charge in [-0.3, -0.25) is 0 Å². The predicted molar refractivity (Wildman–Crippen MR) is 44.6 cm³/mol. The lowest BCUT2D eigenvalue weighted by Gasteiger charge is -2.27. The molecule has 0 spiro atoms. The molecule has 1 rings (SSSR count). The van der Waals surface area contributed by atoms with Crippen LogP contribution in [0.25, 0.3) is 0 Å². The Labute approximate surface area is 68.9 Å². The second-order valence-corrected chi connectivity index (χ2v) is 3.35. The first-order chi connectivity index (χ1) is 5.36. The van der Waals surface area contributed by atoms with Crippen LogP contribution >= 0.6 is 0 Å². The number of hydrogen-bond donors (Lipinski definition) is 0. The fourth-order valence-corrected chi connectivity index (χ4v) is 1.84. The first-order valence-corrected chi connectivity index (χ1v) is 4.38. The molecule has 0 aliphatic heterocycles. The predicted octanol–water partition coefficient (Wildman–Crippen LogP) is 1.84. The Hall–Kier alpha value is -0.0800. The van der Waals surface area contributed by atoms with Crippen LogP contribution < -0.4 is 0 Å². The molecule has 2 atom stereocenters. The Morgan fingerprint density at radius 3 is 2.73 bits per heavy atom. The van der Waals surface area contributed by atoms with Crippen LogP contribution in [0.3, 0.4) is 0 Å². The Morgan fingerprint density at radius 2 is 2.09 bits per heavy atom. The third kappa shape index (κ3) is 2.80. The molecular formula is C9H18O2. The van der Waals surface area contributed by atoms with Crippen molar-refractivity contribution in [3.8, 4) is 0 Å². The summed E-state index contributed by atoms with van der Waals surface area (Å²) in [6.07, 6.45) is 5.52. The van der Waals surface area contributed by atoms with Gasteiger partial charge in [-0.15, -0.1) is 0 Å². The van der Waals surface area contributed by atoms with E-state index in [-0.39, 0.29) is 0 Å². The van der Waals surface area contributed by atoms with Gasteiger partial charge in [-0.05, 0) is 25.2 Å². The summed E-state index contributed by atoms with van der Waals surface area (Å²) >= 11 is 0. The van der Waals surface area contributed by atoms with Crippen LogP contribution in [0.15, 0.2) is 0 Å². The highest BCUT2D eigenvalue weighted by Crippen LogP contribution is 2.25. The molecule has 1 saturated carbocycles. The third-order valence-electron chi connectivity index (χ3n) is 2.47. The average molecular weight is 158 g/mol. The molecule has 0 N–H and O–H groups in total. The van der Waals surface area contributed by atoms with Crippen LogP contribution in [0, 0.1) is 5.92 Å². The zero-order valence-corrected chi connectivity index (χ0v) is 7.51. The lowest BCUT2D eigenvalue weighted by molar-refractivity contribution is 0.0282. The van der Waals surface area contributed by atoms with Crippen LogP contribution in [-0.4, -0.2) is 26.9 Å². The Bertz CT molecular complexity index is 102. The van der Waals surface area contributed by atoms with Gasteiger partial charge < -0.3 is 9.47 Å². The second-order valence-electron chi connectivity index (χ2n) is 3.35. The third-order valence-corrected chi connectivity index (χ3v) is 2.47. The minimum Gasteiger partial charge on any atom is -0.384 e. The molecule has 2 nitrogen and oxygen atoms in total. The number of methoxy groups -OCH3 is 2. The molecule has 1 aliphatic rings. The van der Waals surface area contributed by atoms with Gasteiger partial charge in [-0.2, -0.15) is 0 Å². The van der Waals surface area contributed by atoms with Crippen molar-refractivity contribution in [3.63, 3.8) is 0 Å². The normalized spacial score (nSPS) is 32.2. The minimum absolute atomic E-state index is 0.490. The molecule has 0 heterocycles. The first kappa shape index (κ1) is 9.01. The molecule has 1 fully saturated rings. The number of rotatable bonds is 3. The topological polar surface area (TPSA) is 18.5 Å². The van der Waals surface area contributed by atoms with Gasteiger partial charge in [0, 0.05) is 20.8 Å². The Balaban J connectivity index is 2.21. The van der Waals surface area contributed by atoms with Crippen LogP contribution in [0.5, 0.6) is 0 Å². The summed E-state index contributed by atoms with van der Waals surface area (Å²) < 4.78 is 10.4. The molecule has 0 amide bonds. The molecule has 0 saturated heterocycles. The highest BCUT2D eigenvalue weighted by atomic mass is 16.5. The molecule has 0 aromatic carbocycles. The van der Waals surface area contributed by atoms with E-state index in [0.29, 0.717) is 6.10 Å². The fraction of sp³-hybridized carbons (Fsp3) is 1.00. The zero-order valence-electron chi connectivity index (χ0n) is 7.51. The van der Waals surface area contributed by atoms with Crippen molar-refractivity contribution >= 4 is 0 Å². The molecule has 2 unspecified atom stereocenters. The largest absolute Gasteiger partial charge is 0.384 e. The Kier molecular flexibility index (Phi) is 3.87. The smallest absolute Gasteiger partial charge is 0.0574 e. The minimum atomic E-state index is 0.490. The van der Waals surface area contributed by atoms with Crippen molar-refractivity contribution < 1.29 is 9.47 Å². The van der Waals surface area contributed by atoms with Crippen molar-refractivity contribution in [2.45, 2.75) is 31.8 Å². The molecule has 66 valence electrons. The van der Waals surface area contributed by atoms with Gasteiger partial charge in [0.2, 0.25) is 0 Å². The van der Waals surface area contributed by atoms with Crippen molar-refractivity contribution in [2.24, 2.45) is 5.92 Å². The summed E-state index contributed by atoms with van der Waals surface area (Å²) in [5, 5.41) is 0. The van der Waals surface area contributed by atoms with E-state index in [4.69, 9.17) is 9.47 Å². The van der Waals surface area contributed by atoms with Crippen molar-refractivity contribution in [1.82, 2.24) is 0 Å². The maximum Gasteiger partial charge on any atom is 0.0574 e. The van der Waals surface area contributed by atoms with Gasteiger partial charge >= 0.3 is 0 Å². The van der Waals surface area contributed by atoms with Crippen molar-refractivity contribution in [1.29, 1.82) is 0 Å². The average Bonchev–Trinajstić information content (AvgIpc) is 2.06. The second kappa shape index (κ2) is 4.73. The number of hydrogen-bond acceptors (Lipinski definition) is 2. The maximum atomic E-state index is 5.31. The highest BCUT2D eigenvalue weighted by Gasteiger charge is 2.20. The van der Waals surface area contributed by atoms with Crippen molar-refractivity contribution in [3.05, 3.63) is 0 Å². The molecule has 0 radical (unpaired) electrons. The molecule has 2 heteroatoms. The van der Waals surface area contributed by atoms with E-state index in [2.05, 4.69) is 0 Å². The molecule has 0 aromatic heterocycles. The van der Waals surface area contributed by atoms with E-state index in [1.165, 1.54) is 25.7 Å². The summed E-state index contributed by atoms with van der Waals surface area (Å²) in [7, 11) is 3.58. The monoisotopic (exact) mass is 158 g/mol. The fourth-order valence-electron chi connectivity index (χ4n) is 1.84. The summed E-state index contributed by atoms with van der Waals surface area (Å²) in [6.45, 7) is 0.903. The van der Waals surface area contributed by atoms with Gasteiger partial charge in [0.1, 0.15) is 0 Å². The van der Waals surface area contributed by atoms with Gasteiger partial charge in [0.25, 0.3) is 0 Å². The van der Waals surface area contributed by atoms with Crippen LogP contribution in [-0.2, 0) is 9.47 Å².